The van der Waals surface area contributed by atoms with Gasteiger partial charge < -0.3 is 35.3 Å². The minimum Gasteiger partial charge on any atom is -0.494 e. The van der Waals surface area contributed by atoms with Crippen molar-refractivity contribution >= 4 is 34.7 Å². The minimum absolute atomic E-state index is 0.0212. The number of H-pyrrole nitrogens is 1. The maximum atomic E-state index is 10.7. The predicted molar refractivity (Wildman–Crippen MR) is 125 cm³/mol. The maximum Gasteiger partial charge on any atom is 0.303 e. The Morgan fingerprint density at radius 3 is 2.85 bits per heavy atom. The Kier molecular flexibility index (Phi) is 8.42. The molecular formula is C22H28N6O5. The van der Waals surface area contributed by atoms with Gasteiger partial charge in [-0.25, -0.2) is 9.97 Å². The number of hydrogen-bond acceptors (Lipinski definition) is 9. The highest BCUT2D eigenvalue weighted by atomic mass is 16.5. The Hall–Kier alpha value is -3.86. The normalized spacial score (nSPS) is 11.2. The number of aliphatic imine (C=N–C) groups is 1. The molecule has 0 radical (unpaired) electrons. The van der Waals surface area contributed by atoms with E-state index in [-0.39, 0.29) is 18.9 Å². The van der Waals surface area contributed by atoms with Crippen molar-refractivity contribution in [3.63, 3.8) is 0 Å². The summed E-state index contributed by atoms with van der Waals surface area (Å²) in [5.41, 5.74) is 1.52. The highest BCUT2D eigenvalue weighted by Gasteiger charge is 2.15. The molecule has 0 atom stereocenters. The van der Waals surface area contributed by atoms with E-state index >= 15 is 0 Å². The summed E-state index contributed by atoms with van der Waals surface area (Å²) >= 11 is 0. The first-order chi connectivity index (χ1) is 16.0. The van der Waals surface area contributed by atoms with Gasteiger partial charge in [0, 0.05) is 25.2 Å². The van der Waals surface area contributed by atoms with Gasteiger partial charge in [0.15, 0.2) is 17.4 Å². The molecule has 2 aromatic heterocycles. The predicted octanol–water partition coefficient (Wildman–Crippen LogP) is 2.69. The zero-order chi connectivity index (χ0) is 23.6. The molecule has 11 heteroatoms. The first-order valence-corrected chi connectivity index (χ1v) is 10.5. The van der Waals surface area contributed by atoms with Crippen LogP contribution in [0.2, 0.25) is 0 Å². The number of aliphatic carboxylic acids is 1. The smallest absolute Gasteiger partial charge is 0.303 e. The summed E-state index contributed by atoms with van der Waals surface area (Å²) in [6.45, 7) is 1.81. The zero-order valence-electron chi connectivity index (χ0n) is 18.6. The van der Waals surface area contributed by atoms with E-state index in [4.69, 9.17) is 14.6 Å². The van der Waals surface area contributed by atoms with Crippen LogP contribution in [0.25, 0.3) is 11.0 Å². The van der Waals surface area contributed by atoms with Gasteiger partial charge in [0.05, 0.1) is 30.4 Å². The van der Waals surface area contributed by atoms with Gasteiger partial charge in [-0.05, 0) is 38.6 Å². The molecule has 2 heterocycles. The number of carboxylic acids is 1. The number of anilines is 1. The monoisotopic (exact) mass is 456 g/mol. The number of aromatic amines is 1. The summed E-state index contributed by atoms with van der Waals surface area (Å²) in [7, 11) is 3.42. The SMILES string of the molecule is CNCCCNc1ncnc2[nH]c(O)c(C=Nc3ccc(OC)c(OCCCC(=O)O)c3)c12. The van der Waals surface area contributed by atoms with Crippen LogP contribution in [0.3, 0.4) is 0 Å². The second-order valence-corrected chi connectivity index (χ2v) is 7.16. The summed E-state index contributed by atoms with van der Waals surface area (Å²) in [6.07, 6.45) is 4.26. The topological polar surface area (TPSA) is 154 Å². The fraction of sp³-hybridized carbons (Fsp3) is 0.364. The Morgan fingerprint density at radius 1 is 1.24 bits per heavy atom. The van der Waals surface area contributed by atoms with Crippen LogP contribution in [-0.4, -0.2) is 71.2 Å². The number of carbonyl (C=O) groups is 1. The third kappa shape index (κ3) is 6.32. The number of aromatic hydroxyl groups is 1. The number of carboxylic acid groups (broad SMARTS) is 1. The first kappa shape index (κ1) is 23.8. The highest BCUT2D eigenvalue weighted by molar-refractivity contribution is 6.06. The molecule has 0 aliphatic heterocycles. The van der Waals surface area contributed by atoms with E-state index in [1.165, 1.54) is 19.7 Å². The fourth-order valence-electron chi connectivity index (χ4n) is 3.17. The van der Waals surface area contributed by atoms with E-state index in [0.29, 0.717) is 52.6 Å². The van der Waals surface area contributed by atoms with Gasteiger partial charge in [-0.15, -0.1) is 0 Å². The standard InChI is InChI=1S/C22H28N6O5/c1-23-8-4-9-24-20-19-15(22(31)28-21(19)27-13-26-20)12-25-14-6-7-16(32-2)17(11-14)33-10-3-5-18(29)30/h6-7,11-13,23,31H,3-5,8-10H2,1-2H3,(H,29,30)(H2,24,26,27,28). The molecule has 0 saturated heterocycles. The number of aromatic nitrogens is 3. The molecule has 0 spiro atoms. The Balaban J connectivity index is 1.82. The number of nitrogens with one attached hydrogen (secondary N) is 3. The summed E-state index contributed by atoms with van der Waals surface area (Å²) in [5.74, 6) is 0.636. The van der Waals surface area contributed by atoms with Gasteiger partial charge in [-0.1, -0.05) is 0 Å². The summed E-state index contributed by atoms with van der Waals surface area (Å²) in [6, 6.07) is 5.15. The lowest BCUT2D eigenvalue weighted by Crippen LogP contribution is -2.13. The average molecular weight is 457 g/mol. The van der Waals surface area contributed by atoms with Crippen molar-refractivity contribution in [1.29, 1.82) is 0 Å². The van der Waals surface area contributed by atoms with Gasteiger partial charge in [-0.2, -0.15) is 0 Å². The van der Waals surface area contributed by atoms with E-state index in [1.54, 1.807) is 18.2 Å². The molecule has 0 unspecified atom stereocenters. The van der Waals surface area contributed by atoms with Crippen LogP contribution in [0.1, 0.15) is 24.8 Å². The van der Waals surface area contributed by atoms with Crippen molar-refractivity contribution in [2.75, 3.05) is 39.2 Å². The van der Waals surface area contributed by atoms with Crippen LogP contribution >= 0.6 is 0 Å². The number of methoxy groups -OCH3 is 1. The van der Waals surface area contributed by atoms with Crippen LogP contribution in [0.15, 0.2) is 29.5 Å². The van der Waals surface area contributed by atoms with Crippen molar-refractivity contribution in [3.05, 3.63) is 30.1 Å². The summed E-state index contributed by atoms with van der Waals surface area (Å²) in [4.78, 5) is 26.5. The highest BCUT2D eigenvalue weighted by Crippen LogP contribution is 2.33. The van der Waals surface area contributed by atoms with Gasteiger partial charge in [0.2, 0.25) is 0 Å². The molecule has 11 nitrogen and oxygen atoms in total. The molecule has 0 fully saturated rings. The van der Waals surface area contributed by atoms with Gasteiger partial charge >= 0.3 is 5.97 Å². The molecule has 0 aliphatic carbocycles. The number of hydrogen-bond donors (Lipinski definition) is 5. The van der Waals surface area contributed by atoms with E-state index in [0.717, 1.165) is 13.0 Å². The van der Waals surface area contributed by atoms with Crippen molar-refractivity contribution < 1.29 is 24.5 Å². The quantitative estimate of drug-likeness (QED) is 0.193. The summed E-state index contributed by atoms with van der Waals surface area (Å²) in [5, 5.41) is 26.2. The van der Waals surface area contributed by atoms with Crippen LogP contribution < -0.4 is 20.1 Å². The molecule has 176 valence electrons. The van der Waals surface area contributed by atoms with Crippen molar-refractivity contribution in [3.8, 4) is 17.4 Å². The van der Waals surface area contributed by atoms with Crippen molar-refractivity contribution in [2.45, 2.75) is 19.3 Å². The molecule has 0 amide bonds. The molecule has 3 aromatic rings. The van der Waals surface area contributed by atoms with E-state index < -0.39 is 5.97 Å². The van der Waals surface area contributed by atoms with Gasteiger partial charge in [0.25, 0.3) is 0 Å². The number of rotatable bonds is 13. The number of fused-ring (bicyclic) bond motifs is 1. The molecular weight excluding hydrogens is 428 g/mol. The van der Waals surface area contributed by atoms with Crippen LogP contribution in [0.5, 0.6) is 17.4 Å². The van der Waals surface area contributed by atoms with Gasteiger partial charge in [0.1, 0.15) is 17.8 Å². The van der Waals surface area contributed by atoms with Crippen LogP contribution in [0, 0.1) is 0 Å². The number of nitrogens with zero attached hydrogens (tertiary/aromatic N) is 3. The molecule has 0 bridgehead atoms. The number of benzene rings is 1. The minimum atomic E-state index is -0.873. The average Bonchev–Trinajstić information content (AvgIpc) is 3.13. The van der Waals surface area contributed by atoms with Crippen molar-refractivity contribution in [2.24, 2.45) is 4.99 Å². The number of ether oxygens (including phenoxy) is 2. The van der Waals surface area contributed by atoms with Crippen molar-refractivity contribution in [1.82, 2.24) is 20.3 Å². The lowest BCUT2D eigenvalue weighted by Gasteiger charge is -2.10. The summed E-state index contributed by atoms with van der Waals surface area (Å²) < 4.78 is 11.0. The third-order valence-corrected chi connectivity index (χ3v) is 4.79. The van der Waals surface area contributed by atoms with Crippen LogP contribution in [-0.2, 0) is 4.79 Å². The molecule has 0 aliphatic rings. The van der Waals surface area contributed by atoms with E-state index in [2.05, 4.69) is 30.6 Å². The fourth-order valence-corrected chi connectivity index (χ4v) is 3.17. The first-order valence-electron chi connectivity index (χ1n) is 10.5. The van der Waals surface area contributed by atoms with Gasteiger partial charge in [-0.3, -0.25) is 9.79 Å². The molecule has 33 heavy (non-hydrogen) atoms. The maximum absolute atomic E-state index is 10.7. The van der Waals surface area contributed by atoms with E-state index in [1.807, 2.05) is 7.05 Å². The molecule has 0 saturated carbocycles. The Labute approximate surface area is 190 Å². The zero-order valence-corrected chi connectivity index (χ0v) is 18.6. The molecule has 3 rings (SSSR count). The largest absolute Gasteiger partial charge is 0.494 e. The lowest BCUT2D eigenvalue weighted by atomic mass is 10.2. The molecule has 1 aromatic carbocycles. The lowest BCUT2D eigenvalue weighted by molar-refractivity contribution is -0.137. The second kappa shape index (κ2) is 11.7. The Morgan fingerprint density at radius 2 is 2.09 bits per heavy atom. The molecule has 5 N–H and O–H groups in total. The third-order valence-electron chi connectivity index (χ3n) is 4.79. The Bertz CT molecular complexity index is 1110. The van der Waals surface area contributed by atoms with E-state index in [9.17, 15) is 9.90 Å². The van der Waals surface area contributed by atoms with Crippen LogP contribution in [0.4, 0.5) is 11.5 Å². The second-order valence-electron chi connectivity index (χ2n) is 7.16.